The lowest BCUT2D eigenvalue weighted by molar-refractivity contribution is -0.114. The van der Waals surface area contributed by atoms with E-state index in [1.807, 2.05) is 18.2 Å². The van der Waals surface area contributed by atoms with Crippen molar-refractivity contribution in [1.29, 1.82) is 5.26 Å². The number of para-hydroxylation sites is 1. The van der Waals surface area contributed by atoms with E-state index in [4.69, 9.17) is 16.3 Å². The summed E-state index contributed by atoms with van der Waals surface area (Å²) in [5.74, 6) is -1.88. The molecule has 2 amide bonds. The lowest BCUT2D eigenvalue weighted by Gasteiger charge is -2.30. The Kier molecular flexibility index (Phi) is 9.85. The number of benzene rings is 3. The molecule has 0 spiro atoms. The molecule has 0 fully saturated rings. The molecular formula is C31H27ClN4O4S. The number of nitriles is 1. The molecule has 0 saturated carbocycles. The molecule has 3 aromatic carbocycles. The number of hydrogen-bond acceptors (Lipinski definition) is 7. The van der Waals surface area contributed by atoms with Crippen LogP contribution < -0.4 is 16.0 Å². The van der Waals surface area contributed by atoms with Gasteiger partial charge in [0.25, 0.3) is 5.91 Å². The fraction of sp³-hybridized carbons (Fsp3) is 0.161. The van der Waals surface area contributed by atoms with Crippen LogP contribution in [0, 0.1) is 11.3 Å². The second kappa shape index (κ2) is 13.7. The second-order valence-electron chi connectivity index (χ2n) is 8.93. The van der Waals surface area contributed by atoms with Gasteiger partial charge in [0.05, 0.1) is 40.5 Å². The van der Waals surface area contributed by atoms with Gasteiger partial charge < -0.3 is 20.7 Å². The van der Waals surface area contributed by atoms with Crippen LogP contribution in [0.1, 0.15) is 35.7 Å². The molecule has 3 N–H and O–H groups in total. The maximum Gasteiger partial charge on any atom is 0.338 e. The van der Waals surface area contributed by atoms with E-state index in [2.05, 4.69) is 22.0 Å². The third-order valence-electron chi connectivity index (χ3n) is 6.17. The smallest absolute Gasteiger partial charge is 0.338 e. The molecule has 0 radical (unpaired) electrons. The van der Waals surface area contributed by atoms with Crippen molar-refractivity contribution in [2.45, 2.75) is 19.8 Å². The average Bonchev–Trinajstić information content (AvgIpc) is 2.97. The van der Waals surface area contributed by atoms with E-state index in [0.717, 1.165) is 11.8 Å². The van der Waals surface area contributed by atoms with Gasteiger partial charge in [-0.15, -0.1) is 0 Å². The molecule has 0 bridgehead atoms. The molecule has 10 heteroatoms. The van der Waals surface area contributed by atoms with Gasteiger partial charge in [0.1, 0.15) is 0 Å². The molecule has 1 aliphatic heterocycles. The van der Waals surface area contributed by atoms with Gasteiger partial charge in [-0.3, -0.25) is 9.59 Å². The first kappa shape index (κ1) is 29.5. The first-order valence-electron chi connectivity index (χ1n) is 12.7. The number of anilines is 2. The fourth-order valence-corrected chi connectivity index (χ4v) is 5.44. The lowest BCUT2D eigenvalue weighted by Crippen LogP contribution is -2.31. The fourth-order valence-electron chi connectivity index (χ4n) is 4.31. The normalized spacial score (nSPS) is 14.5. The first-order chi connectivity index (χ1) is 19.8. The summed E-state index contributed by atoms with van der Waals surface area (Å²) in [5, 5.41) is 20.0. The Labute approximate surface area is 247 Å². The van der Waals surface area contributed by atoms with Gasteiger partial charge in [-0.1, -0.05) is 59.8 Å². The van der Waals surface area contributed by atoms with Crippen LogP contribution in [0.25, 0.3) is 0 Å². The topological polar surface area (TPSA) is 120 Å². The Balaban J connectivity index is 1.56. The zero-order chi connectivity index (χ0) is 29.4. The highest BCUT2D eigenvalue weighted by Crippen LogP contribution is 2.43. The second-order valence-corrected chi connectivity index (χ2v) is 10.3. The number of ether oxygens (including phenoxy) is 1. The summed E-state index contributed by atoms with van der Waals surface area (Å²) in [4.78, 5) is 38.2. The third kappa shape index (κ3) is 7.17. The van der Waals surface area contributed by atoms with Gasteiger partial charge in [0.2, 0.25) is 5.91 Å². The Morgan fingerprint density at radius 2 is 1.63 bits per heavy atom. The monoisotopic (exact) mass is 586 g/mol. The van der Waals surface area contributed by atoms with Crippen LogP contribution in [0.15, 0.2) is 101 Å². The maximum absolute atomic E-state index is 13.5. The highest BCUT2D eigenvalue weighted by molar-refractivity contribution is 8.03. The molecule has 0 saturated heterocycles. The van der Waals surface area contributed by atoms with Crippen molar-refractivity contribution in [3.8, 4) is 6.07 Å². The molecule has 4 rings (SSSR count). The number of amides is 2. The summed E-state index contributed by atoms with van der Waals surface area (Å²) < 4.78 is 4.98. The summed E-state index contributed by atoms with van der Waals surface area (Å²) in [6.45, 7) is 3.75. The lowest BCUT2D eigenvalue weighted by atomic mass is 9.82. The van der Waals surface area contributed by atoms with E-state index in [9.17, 15) is 19.6 Å². The zero-order valence-corrected chi connectivity index (χ0v) is 23.9. The molecule has 1 unspecified atom stereocenters. The number of halogens is 1. The number of rotatable bonds is 9. The number of allylic oxidation sites excluding steroid dienone is 2. The van der Waals surface area contributed by atoms with Crippen molar-refractivity contribution in [3.63, 3.8) is 0 Å². The van der Waals surface area contributed by atoms with Gasteiger partial charge in [0, 0.05) is 27.7 Å². The van der Waals surface area contributed by atoms with Crippen molar-refractivity contribution in [1.82, 2.24) is 5.32 Å². The predicted octanol–water partition coefficient (Wildman–Crippen LogP) is 6.22. The first-order valence-corrected chi connectivity index (χ1v) is 14.1. The van der Waals surface area contributed by atoms with E-state index < -0.39 is 11.9 Å². The van der Waals surface area contributed by atoms with Crippen LogP contribution >= 0.6 is 23.4 Å². The van der Waals surface area contributed by atoms with Gasteiger partial charge in [-0.05, 0) is 61.9 Å². The molecule has 1 atom stereocenters. The summed E-state index contributed by atoms with van der Waals surface area (Å²) >= 11 is 7.71. The number of nitrogens with one attached hydrogen (secondary N) is 3. The minimum atomic E-state index is -0.750. The van der Waals surface area contributed by atoms with Crippen molar-refractivity contribution in [2.24, 2.45) is 0 Å². The van der Waals surface area contributed by atoms with E-state index in [1.54, 1.807) is 74.5 Å². The Hall–Kier alpha value is -4.52. The van der Waals surface area contributed by atoms with E-state index >= 15 is 0 Å². The third-order valence-corrected chi connectivity index (χ3v) is 7.53. The molecule has 0 aliphatic carbocycles. The van der Waals surface area contributed by atoms with Crippen LogP contribution in [0.2, 0.25) is 5.02 Å². The summed E-state index contributed by atoms with van der Waals surface area (Å²) in [7, 11) is 0. The number of hydrogen-bond donors (Lipinski definition) is 3. The highest BCUT2D eigenvalue weighted by Gasteiger charge is 2.36. The van der Waals surface area contributed by atoms with Crippen molar-refractivity contribution in [3.05, 3.63) is 117 Å². The molecule has 0 aromatic heterocycles. The number of nitrogens with zero attached hydrogens (tertiary/aromatic N) is 1. The standard InChI is InChI=1S/C31H27ClN4O4S/c1-3-40-31(39)20-13-15-22(16-14-20)35-26(37)18-41-30-24(17-33)28(23-11-7-8-12-25(23)32)27(19(2)34-30)29(38)36-21-9-5-4-6-10-21/h4-16,28,34H,3,18H2,1-2H3,(H,35,37)(H,36,38). The van der Waals surface area contributed by atoms with Crippen LogP contribution in [-0.2, 0) is 14.3 Å². The van der Waals surface area contributed by atoms with Gasteiger partial charge in [0.15, 0.2) is 0 Å². The number of dihydropyridines is 1. The Morgan fingerprint density at radius 1 is 0.976 bits per heavy atom. The number of esters is 1. The molecule has 208 valence electrons. The molecule has 1 heterocycles. The Bertz CT molecular complexity index is 1560. The number of carbonyl (C=O) groups is 3. The summed E-state index contributed by atoms with van der Waals surface area (Å²) in [6, 6.07) is 24.7. The van der Waals surface area contributed by atoms with Crippen molar-refractivity contribution < 1.29 is 19.1 Å². The zero-order valence-electron chi connectivity index (χ0n) is 22.4. The average molecular weight is 587 g/mol. The van der Waals surface area contributed by atoms with Crippen molar-refractivity contribution in [2.75, 3.05) is 23.0 Å². The Morgan fingerprint density at radius 3 is 2.29 bits per heavy atom. The molecule has 8 nitrogen and oxygen atoms in total. The largest absolute Gasteiger partial charge is 0.462 e. The van der Waals surface area contributed by atoms with Crippen molar-refractivity contribution >= 4 is 52.5 Å². The summed E-state index contributed by atoms with van der Waals surface area (Å²) in [5.41, 5.74) is 3.29. The van der Waals surface area contributed by atoms with E-state index in [0.29, 0.717) is 43.8 Å². The molecule has 1 aliphatic rings. The number of thioether (sulfide) groups is 1. The maximum atomic E-state index is 13.5. The molecular weight excluding hydrogens is 560 g/mol. The SMILES string of the molecule is CCOC(=O)c1ccc(NC(=O)CSC2=C(C#N)C(c3ccccc3Cl)C(C(=O)Nc3ccccc3)=C(C)N2)cc1. The molecule has 41 heavy (non-hydrogen) atoms. The predicted molar refractivity (Wildman–Crippen MR) is 161 cm³/mol. The van der Waals surface area contributed by atoms with Gasteiger partial charge >= 0.3 is 5.97 Å². The van der Waals surface area contributed by atoms with E-state index in [1.165, 1.54) is 0 Å². The van der Waals surface area contributed by atoms with Crippen LogP contribution in [-0.4, -0.2) is 30.1 Å². The van der Waals surface area contributed by atoms with Crippen LogP contribution in [0.3, 0.4) is 0 Å². The minimum Gasteiger partial charge on any atom is -0.462 e. The summed E-state index contributed by atoms with van der Waals surface area (Å²) in [6.07, 6.45) is 0. The number of carbonyl (C=O) groups excluding carboxylic acids is 3. The molecule has 3 aromatic rings. The quantitative estimate of drug-likeness (QED) is 0.254. The van der Waals surface area contributed by atoms with Crippen LogP contribution in [0.4, 0.5) is 11.4 Å². The highest BCUT2D eigenvalue weighted by atomic mass is 35.5. The van der Waals surface area contributed by atoms with Gasteiger partial charge in [-0.2, -0.15) is 5.26 Å². The van der Waals surface area contributed by atoms with Crippen LogP contribution in [0.5, 0.6) is 0 Å². The minimum absolute atomic E-state index is 0.0127. The van der Waals surface area contributed by atoms with E-state index in [-0.39, 0.29) is 29.7 Å². The van der Waals surface area contributed by atoms with Gasteiger partial charge in [-0.25, -0.2) is 4.79 Å².